The molecular weight excluding hydrogens is 204 g/mol. The molecule has 0 radical (unpaired) electrons. The number of ether oxygens (including phenoxy) is 1. The van der Waals surface area contributed by atoms with E-state index in [4.69, 9.17) is 16.3 Å². The number of carbonyl (C=O) groups excluding carboxylic acids is 1. The SMILES string of the molecule is CCOC(=O)CCc1ncc(Cl)cn1. The van der Waals surface area contributed by atoms with Gasteiger partial charge in [0.05, 0.1) is 18.1 Å². The summed E-state index contributed by atoms with van der Waals surface area (Å²) < 4.78 is 4.77. The predicted octanol–water partition coefficient (Wildman–Crippen LogP) is 1.63. The highest BCUT2D eigenvalue weighted by Crippen LogP contribution is 2.04. The third-order valence-corrected chi connectivity index (χ3v) is 1.73. The van der Waals surface area contributed by atoms with Gasteiger partial charge in [-0.1, -0.05) is 11.6 Å². The highest BCUT2D eigenvalue weighted by Gasteiger charge is 2.03. The number of nitrogens with zero attached hydrogens (tertiary/aromatic N) is 2. The van der Waals surface area contributed by atoms with Crippen molar-refractivity contribution in [3.05, 3.63) is 23.2 Å². The Morgan fingerprint density at radius 1 is 1.50 bits per heavy atom. The molecule has 0 aliphatic rings. The standard InChI is InChI=1S/C9H11ClN2O2/c1-2-14-9(13)4-3-8-11-5-7(10)6-12-8/h5-6H,2-4H2,1H3. The fourth-order valence-electron chi connectivity index (χ4n) is 0.915. The van der Waals surface area contributed by atoms with Crippen molar-refractivity contribution in [3.63, 3.8) is 0 Å². The summed E-state index contributed by atoms with van der Waals surface area (Å²) >= 11 is 5.61. The zero-order chi connectivity index (χ0) is 10.4. The first kappa shape index (κ1) is 10.9. The van der Waals surface area contributed by atoms with E-state index in [1.165, 1.54) is 12.4 Å². The van der Waals surface area contributed by atoms with Crippen molar-refractivity contribution in [2.45, 2.75) is 19.8 Å². The van der Waals surface area contributed by atoms with Crippen LogP contribution in [0.5, 0.6) is 0 Å². The molecule has 0 bridgehead atoms. The van der Waals surface area contributed by atoms with Gasteiger partial charge in [0.2, 0.25) is 0 Å². The summed E-state index contributed by atoms with van der Waals surface area (Å²) in [4.78, 5) is 18.9. The molecule has 0 aliphatic carbocycles. The Kier molecular flexibility index (Phi) is 4.32. The molecule has 0 fully saturated rings. The number of halogens is 1. The summed E-state index contributed by atoms with van der Waals surface area (Å²) in [6, 6.07) is 0. The Morgan fingerprint density at radius 2 is 2.14 bits per heavy atom. The molecule has 1 aromatic heterocycles. The van der Waals surface area contributed by atoms with Crippen molar-refractivity contribution in [1.29, 1.82) is 0 Å². The molecule has 5 heteroatoms. The predicted molar refractivity (Wildman–Crippen MR) is 52.0 cm³/mol. The van der Waals surface area contributed by atoms with Crippen molar-refractivity contribution >= 4 is 17.6 Å². The fraction of sp³-hybridized carbons (Fsp3) is 0.444. The number of hydrogen-bond acceptors (Lipinski definition) is 4. The Bertz CT molecular complexity index is 300. The lowest BCUT2D eigenvalue weighted by Crippen LogP contribution is -2.06. The second-order valence-electron chi connectivity index (χ2n) is 2.62. The molecule has 0 aliphatic heterocycles. The van der Waals surface area contributed by atoms with Gasteiger partial charge in [-0.2, -0.15) is 0 Å². The van der Waals surface area contributed by atoms with Gasteiger partial charge in [-0.3, -0.25) is 4.79 Å². The van der Waals surface area contributed by atoms with Gasteiger partial charge in [0.15, 0.2) is 0 Å². The Morgan fingerprint density at radius 3 is 2.71 bits per heavy atom. The van der Waals surface area contributed by atoms with Gasteiger partial charge in [-0.05, 0) is 6.92 Å². The van der Waals surface area contributed by atoms with E-state index in [9.17, 15) is 4.79 Å². The Hall–Kier alpha value is -1.16. The fourth-order valence-corrected chi connectivity index (χ4v) is 1.01. The van der Waals surface area contributed by atoms with Gasteiger partial charge in [0.25, 0.3) is 0 Å². The second kappa shape index (κ2) is 5.54. The molecule has 0 amide bonds. The minimum absolute atomic E-state index is 0.231. The average molecular weight is 215 g/mol. The lowest BCUT2D eigenvalue weighted by molar-refractivity contribution is -0.143. The monoisotopic (exact) mass is 214 g/mol. The van der Waals surface area contributed by atoms with Crippen molar-refractivity contribution < 1.29 is 9.53 Å². The first-order chi connectivity index (χ1) is 6.72. The molecule has 0 N–H and O–H groups in total. The number of esters is 1. The molecule has 0 saturated heterocycles. The molecule has 0 aromatic carbocycles. The highest BCUT2D eigenvalue weighted by molar-refractivity contribution is 6.30. The quantitative estimate of drug-likeness (QED) is 0.715. The molecular formula is C9H11ClN2O2. The van der Waals surface area contributed by atoms with Crippen LogP contribution in [0.3, 0.4) is 0 Å². The third kappa shape index (κ3) is 3.70. The molecule has 1 rings (SSSR count). The topological polar surface area (TPSA) is 52.1 Å². The highest BCUT2D eigenvalue weighted by atomic mass is 35.5. The number of aromatic nitrogens is 2. The molecule has 0 spiro atoms. The summed E-state index contributed by atoms with van der Waals surface area (Å²) in [5, 5.41) is 0.491. The van der Waals surface area contributed by atoms with Gasteiger partial charge in [0, 0.05) is 18.8 Å². The maximum Gasteiger partial charge on any atom is 0.306 e. The lowest BCUT2D eigenvalue weighted by Gasteiger charge is -2.00. The number of carbonyl (C=O) groups is 1. The van der Waals surface area contributed by atoms with Crippen molar-refractivity contribution in [3.8, 4) is 0 Å². The molecule has 4 nitrogen and oxygen atoms in total. The van der Waals surface area contributed by atoms with Crippen LogP contribution in [0.4, 0.5) is 0 Å². The van der Waals surface area contributed by atoms with Crippen LogP contribution in [-0.2, 0) is 16.0 Å². The van der Waals surface area contributed by atoms with Crippen LogP contribution in [0.15, 0.2) is 12.4 Å². The lowest BCUT2D eigenvalue weighted by atomic mass is 10.3. The first-order valence-corrected chi connectivity index (χ1v) is 4.72. The van der Waals surface area contributed by atoms with Crippen LogP contribution >= 0.6 is 11.6 Å². The normalized spacial score (nSPS) is 9.86. The molecule has 14 heavy (non-hydrogen) atoms. The number of hydrogen-bond donors (Lipinski definition) is 0. The molecule has 0 saturated carbocycles. The zero-order valence-corrected chi connectivity index (χ0v) is 8.62. The van der Waals surface area contributed by atoms with E-state index in [0.717, 1.165) is 0 Å². The van der Waals surface area contributed by atoms with Gasteiger partial charge < -0.3 is 4.74 Å². The Labute approximate surface area is 87.3 Å². The smallest absolute Gasteiger partial charge is 0.306 e. The molecule has 1 heterocycles. The average Bonchev–Trinajstić information content (AvgIpc) is 2.17. The first-order valence-electron chi connectivity index (χ1n) is 4.34. The van der Waals surface area contributed by atoms with Crippen LogP contribution in [-0.4, -0.2) is 22.5 Å². The van der Waals surface area contributed by atoms with E-state index in [2.05, 4.69) is 9.97 Å². The van der Waals surface area contributed by atoms with E-state index >= 15 is 0 Å². The van der Waals surface area contributed by atoms with E-state index in [1.807, 2.05) is 0 Å². The van der Waals surface area contributed by atoms with Gasteiger partial charge in [0.1, 0.15) is 5.82 Å². The van der Waals surface area contributed by atoms with Crippen molar-refractivity contribution in [2.24, 2.45) is 0 Å². The summed E-state index contributed by atoms with van der Waals surface area (Å²) in [5.74, 6) is 0.369. The van der Waals surface area contributed by atoms with Crippen LogP contribution < -0.4 is 0 Å². The summed E-state index contributed by atoms with van der Waals surface area (Å²) in [5.41, 5.74) is 0. The van der Waals surface area contributed by atoms with Crippen LogP contribution in [0, 0.1) is 0 Å². The zero-order valence-electron chi connectivity index (χ0n) is 7.86. The minimum Gasteiger partial charge on any atom is -0.466 e. The van der Waals surface area contributed by atoms with Crippen LogP contribution in [0.2, 0.25) is 5.02 Å². The minimum atomic E-state index is -0.231. The van der Waals surface area contributed by atoms with E-state index in [-0.39, 0.29) is 5.97 Å². The third-order valence-electron chi connectivity index (χ3n) is 1.53. The molecule has 76 valence electrons. The van der Waals surface area contributed by atoms with Crippen molar-refractivity contribution in [2.75, 3.05) is 6.61 Å². The van der Waals surface area contributed by atoms with Crippen LogP contribution in [0.1, 0.15) is 19.2 Å². The van der Waals surface area contributed by atoms with Gasteiger partial charge in [-0.15, -0.1) is 0 Å². The second-order valence-corrected chi connectivity index (χ2v) is 3.06. The van der Waals surface area contributed by atoms with Gasteiger partial charge in [-0.25, -0.2) is 9.97 Å². The largest absolute Gasteiger partial charge is 0.466 e. The number of rotatable bonds is 4. The van der Waals surface area contributed by atoms with Crippen molar-refractivity contribution in [1.82, 2.24) is 9.97 Å². The summed E-state index contributed by atoms with van der Waals surface area (Å²) in [6.45, 7) is 2.18. The molecule has 1 aromatic rings. The van der Waals surface area contributed by atoms with Crippen LogP contribution in [0.25, 0.3) is 0 Å². The molecule has 0 unspecified atom stereocenters. The Balaban J connectivity index is 2.38. The van der Waals surface area contributed by atoms with E-state index in [0.29, 0.717) is 30.3 Å². The van der Waals surface area contributed by atoms with Gasteiger partial charge >= 0.3 is 5.97 Å². The number of aryl methyl sites for hydroxylation is 1. The summed E-state index contributed by atoms with van der Waals surface area (Å²) in [6.07, 6.45) is 3.80. The molecule has 0 atom stereocenters. The summed E-state index contributed by atoms with van der Waals surface area (Å²) in [7, 11) is 0. The maximum absolute atomic E-state index is 11.0. The maximum atomic E-state index is 11.0. The van der Waals surface area contributed by atoms with E-state index in [1.54, 1.807) is 6.92 Å². The van der Waals surface area contributed by atoms with E-state index < -0.39 is 0 Å².